The summed E-state index contributed by atoms with van der Waals surface area (Å²) in [5, 5.41) is 17.7. The van der Waals surface area contributed by atoms with Crippen LogP contribution < -0.4 is 4.90 Å². The first-order valence-electron chi connectivity index (χ1n) is 12.0. The fraction of sp³-hybridized carbons (Fsp3) is 0.333. The van der Waals surface area contributed by atoms with Crippen LogP contribution in [0.15, 0.2) is 53.6 Å². The number of aromatic nitrogens is 1. The summed E-state index contributed by atoms with van der Waals surface area (Å²) in [6.07, 6.45) is 6.03. The van der Waals surface area contributed by atoms with Gasteiger partial charge in [0.1, 0.15) is 16.4 Å². The SMILES string of the molecule is Cc1cc(S(=O)(=O)N2CCCC2)cnc1-c1ccc2c(c1)CCCN2C=O.Cc1ccc(O)cc1O. The van der Waals surface area contributed by atoms with E-state index in [-0.39, 0.29) is 16.4 Å². The molecule has 0 spiro atoms. The minimum absolute atomic E-state index is 0.0955. The van der Waals surface area contributed by atoms with Gasteiger partial charge in [-0.2, -0.15) is 4.31 Å². The van der Waals surface area contributed by atoms with E-state index in [4.69, 9.17) is 10.2 Å². The molecule has 3 aromatic rings. The second kappa shape index (κ2) is 10.7. The maximum Gasteiger partial charge on any atom is 0.244 e. The Kier molecular flexibility index (Phi) is 7.61. The van der Waals surface area contributed by atoms with Gasteiger partial charge >= 0.3 is 0 Å². The zero-order valence-corrected chi connectivity index (χ0v) is 21.3. The number of phenols is 2. The highest BCUT2D eigenvalue weighted by Crippen LogP contribution is 2.32. The minimum atomic E-state index is -3.46. The molecule has 1 amide bonds. The van der Waals surface area contributed by atoms with Gasteiger partial charge < -0.3 is 15.1 Å². The lowest BCUT2D eigenvalue weighted by Gasteiger charge is -2.26. The van der Waals surface area contributed by atoms with Crippen LogP contribution in [-0.2, 0) is 21.2 Å². The van der Waals surface area contributed by atoms with Crippen LogP contribution in [0.1, 0.15) is 36.0 Å². The molecule has 1 fully saturated rings. The van der Waals surface area contributed by atoms with Crippen molar-refractivity contribution in [2.24, 2.45) is 0 Å². The number of anilines is 1. The summed E-state index contributed by atoms with van der Waals surface area (Å²) in [5.41, 5.74) is 5.41. The third-order valence-corrected chi connectivity index (χ3v) is 8.45. The van der Waals surface area contributed by atoms with Crippen molar-refractivity contribution in [2.75, 3.05) is 24.5 Å². The molecule has 5 rings (SSSR count). The van der Waals surface area contributed by atoms with Crippen molar-refractivity contribution >= 4 is 22.1 Å². The van der Waals surface area contributed by atoms with E-state index in [1.54, 1.807) is 24.0 Å². The van der Waals surface area contributed by atoms with Gasteiger partial charge in [0.15, 0.2) is 0 Å². The van der Waals surface area contributed by atoms with Gasteiger partial charge in [-0.15, -0.1) is 0 Å². The molecule has 2 N–H and O–H groups in total. The number of fused-ring (bicyclic) bond motifs is 1. The Hall–Kier alpha value is -3.43. The van der Waals surface area contributed by atoms with Crippen LogP contribution in [0.5, 0.6) is 11.5 Å². The van der Waals surface area contributed by atoms with Gasteiger partial charge in [0, 0.05) is 43.1 Å². The van der Waals surface area contributed by atoms with E-state index in [1.165, 1.54) is 22.6 Å². The number of sulfonamides is 1. The van der Waals surface area contributed by atoms with Crippen molar-refractivity contribution in [3.63, 3.8) is 0 Å². The summed E-state index contributed by atoms with van der Waals surface area (Å²) in [6.45, 7) is 5.58. The van der Waals surface area contributed by atoms with Crippen LogP contribution in [-0.4, -0.2) is 54.0 Å². The van der Waals surface area contributed by atoms with E-state index in [1.807, 2.05) is 19.1 Å². The zero-order valence-electron chi connectivity index (χ0n) is 20.5. The van der Waals surface area contributed by atoms with E-state index >= 15 is 0 Å². The van der Waals surface area contributed by atoms with Crippen molar-refractivity contribution in [1.82, 2.24) is 9.29 Å². The van der Waals surface area contributed by atoms with Crippen molar-refractivity contribution in [3.05, 3.63) is 65.4 Å². The number of aryl methyl sites for hydroxylation is 3. The van der Waals surface area contributed by atoms with Crippen LogP contribution in [0, 0.1) is 13.8 Å². The molecule has 2 aliphatic rings. The fourth-order valence-corrected chi connectivity index (χ4v) is 6.10. The molecule has 0 radical (unpaired) electrons. The minimum Gasteiger partial charge on any atom is -0.508 e. The molecule has 190 valence electrons. The van der Waals surface area contributed by atoms with E-state index in [0.717, 1.165) is 72.3 Å². The number of nitrogens with zero attached hydrogens (tertiary/aromatic N) is 3. The predicted octanol–water partition coefficient (Wildman–Crippen LogP) is 4.16. The summed E-state index contributed by atoms with van der Waals surface area (Å²) >= 11 is 0. The molecular weight excluding hydrogens is 478 g/mol. The standard InChI is InChI=1S/C20H23N3O3S.C7H8O2/c1-15-11-18(27(25,26)23-9-2-3-10-23)13-21-20(15)17-6-7-19-16(12-17)5-4-8-22(19)14-24;1-5-2-3-6(8)4-7(5)9/h6-7,11-14H,2-5,8-10H2,1H3;2-4,8-9H,1H3. The summed E-state index contributed by atoms with van der Waals surface area (Å²) in [6, 6.07) is 12.2. The van der Waals surface area contributed by atoms with Crippen molar-refractivity contribution in [1.29, 1.82) is 0 Å². The molecular formula is C27H31N3O5S. The third kappa shape index (κ3) is 5.37. The summed E-state index contributed by atoms with van der Waals surface area (Å²) in [5.74, 6) is 0.230. The van der Waals surface area contributed by atoms with E-state index < -0.39 is 10.0 Å². The fourth-order valence-electron chi connectivity index (χ4n) is 4.55. The molecule has 0 atom stereocenters. The lowest BCUT2D eigenvalue weighted by molar-refractivity contribution is -0.107. The summed E-state index contributed by atoms with van der Waals surface area (Å²) < 4.78 is 27.0. The van der Waals surface area contributed by atoms with Gasteiger partial charge in [-0.1, -0.05) is 12.1 Å². The first kappa shape index (κ1) is 25.7. The molecule has 9 heteroatoms. The number of benzene rings is 2. The molecule has 1 saturated heterocycles. The molecule has 2 aromatic carbocycles. The topological polar surface area (TPSA) is 111 Å². The number of carbonyl (C=O) groups is 1. The molecule has 1 aromatic heterocycles. The Labute approximate surface area is 211 Å². The Morgan fingerprint density at radius 1 is 0.917 bits per heavy atom. The van der Waals surface area contributed by atoms with Crippen LogP contribution in [0.3, 0.4) is 0 Å². The molecule has 8 nitrogen and oxygen atoms in total. The average Bonchev–Trinajstić information content (AvgIpc) is 3.42. The highest BCUT2D eigenvalue weighted by Gasteiger charge is 2.28. The largest absolute Gasteiger partial charge is 0.508 e. The number of aromatic hydroxyl groups is 2. The molecule has 0 saturated carbocycles. The Balaban J connectivity index is 0.000000286. The van der Waals surface area contributed by atoms with Gasteiger partial charge in [-0.25, -0.2) is 8.42 Å². The number of hydrogen-bond acceptors (Lipinski definition) is 6. The maximum absolute atomic E-state index is 12.7. The number of hydrogen-bond donors (Lipinski definition) is 2. The molecule has 3 heterocycles. The smallest absolute Gasteiger partial charge is 0.244 e. The third-order valence-electron chi connectivity index (χ3n) is 6.58. The highest BCUT2D eigenvalue weighted by atomic mass is 32.2. The second-order valence-electron chi connectivity index (χ2n) is 9.16. The highest BCUT2D eigenvalue weighted by molar-refractivity contribution is 7.89. The van der Waals surface area contributed by atoms with Crippen LogP contribution in [0.2, 0.25) is 0 Å². The van der Waals surface area contributed by atoms with Gasteiger partial charge in [-0.3, -0.25) is 9.78 Å². The van der Waals surface area contributed by atoms with E-state index in [0.29, 0.717) is 13.1 Å². The van der Waals surface area contributed by atoms with Gasteiger partial charge in [-0.05, 0) is 80.5 Å². The Morgan fingerprint density at radius 3 is 2.31 bits per heavy atom. The Morgan fingerprint density at radius 2 is 1.67 bits per heavy atom. The van der Waals surface area contributed by atoms with Crippen molar-refractivity contribution in [3.8, 4) is 22.8 Å². The van der Waals surface area contributed by atoms with Gasteiger partial charge in [0.05, 0.1) is 5.69 Å². The molecule has 0 aliphatic carbocycles. The number of pyridine rings is 1. The van der Waals surface area contributed by atoms with Gasteiger partial charge in [0.2, 0.25) is 16.4 Å². The summed E-state index contributed by atoms with van der Waals surface area (Å²) in [7, 11) is -3.46. The average molecular weight is 510 g/mol. The molecule has 36 heavy (non-hydrogen) atoms. The molecule has 2 aliphatic heterocycles. The van der Waals surface area contributed by atoms with Crippen LogP contribution >= 0.6 is 0 Å². The molecule has 0 unspecified atom stereocenters. The summed E-state index contributed by atoms with van der Waals surface area (Å²) in [4.78, 5) is 17.7. The first-order chi connectivity index (χ1) is 17.2. The number of rotatable bonds is 4. The predicted molar refractivity (Wildman–Crippen MR) is 139 cm³/mol. The quantitative estimate of drug-likeness (QED) is 0.511. The normalized spacial score (nSPS) is 15.7. The van der Waals surface area contributed by atoms with E-state index in [2.05, 4.69) is 11.1 Å². The van der Waals surface area contributed by atoms with Crippen molar-refractivity contribution < 1.29 is 23.4 Å². The zero-order chi connectivity index (χ0) is 25.9. The molecule has 0 bridgehead atoms. The monoisotopic (exact) mass is 509 g/mol. The van der Waals surface area contributed by atoms with Crippen LogP contribution in [0.25, 0.3) is 11.3 Å². The Bertz CT molecular complexity index is 1370. The van der Waals surface area contributed by atoms with Crippen LogP contribution in [0.4, 0.5) is 5.69 Å². The van der Waals surface area contributed by atoms with E-state index in [9.17, 15) is 13.2 Å². The van der Waals surface area contributed by atoms with Gasteiger partial charge in [0.25, 0.3) is 0 Å². The number of carbonyl (C=O) groups excluding carboxylic acids is 1. The number of phenolic OH excluding ortho intramolecular Hbond substituents is 2. The van der Waals surface area contributed by atoms with Crippen molar-refractivity contribution in [2.45, 2.75) is 44.4 Å². The lowest BCUT2D eigenvalue weighted by Crippen LogP contribution is -2.28. The second-order valence-corrected chi connectivity index (χ2v) is 11.1. The first-order valence-corrected chi connectivity index (χ1v) is 13.5. The number of amides is 1. The lowest BCUT2D eigenvalue weighted by atomic mass is 9.97. The maximum atomic E-state index is 12.7.